The molecule has 5 aromatic rings. The van der Waals surface area contributed by atoms with E-state index >= 15 is 0 Å². The molecule has 5 rings (SSSR count). The number of carbonyl (C=O) groups excluding carboxylic acids is 1. The van der Waals surface area contributed by atoms with Crippen molar-refractivity contribution in [1.29, 1.82) is 0 Å². The number of para-hydroxylation sites is 2. The number of hydrogen-bond donors (Lipinski definition) is 2. The summed E-state index contributed by atoms with van der Waals surface area (Å²) >= 11 is 1.23. The standard InChI is InChI=1S/C22H15FN6O2S/c1-12-18(32-22(27-12)13-6-8-14(23)9-7-13)21(31)28-16-4-2-3-5-17(16)29-19-15(10-26-29)20(30)25-11-24-19/h2-11H,1H3,(H,28,31)(H,24,25,30). The Morgan fingerprint density at radius 3 is 2.75 bits per heavy atom. The van der Waals surface area contributed by atoms with Crippen LogP contribution in [0.3, 0.4) is 0 Å². The molecule has 158 valence electrons. The average molecular weight is 446 g/mol. The molecule has 0 aliphatic heterocycles. The molecule has 3 aromatic heterocycles. The highest BCUT2D eigenvalue weighted by Crippen LogP contribution is 2.30. The summed E-state index contributed by atoms with van der Waals surface area (Å²) in [7, 11) is 0. The third kappa shape index (κ3) is 3.46. The fourth-order valence-electron chi connectivity index (χ4n) is 3.30. The zero-order valence-corrected chi connectivity index (χ0v) is 17.5. The molecule has 0 unspecified atom stereocenters. The maximum Gasteiger partial charge on any atom is 0.267 e. The highest BCUT2D eigenvalue weighted by molar-refractivity contribution is 7.17. The second kappa shape index (κ2) is 7.82. The fraction of sp³-hybridized carbons (Fsp3) is 0.0455. The summed E-state index contributed by atoms with van der Waals surface area (Å²) in [5, 5.41) is 8.15. The van der Waals surface area contributed by atoms with Gasteiger partial charge >= 0.3 is 0 Å². The van der Waals surface area contributed by atoms with Crippen LogP contribution in [-0.2, 0) is 0 Å². The van der Waals surface area contributed by atoms with Crippen LogP contribution in [0.15, 0.2) is 65.8 Å². The number of amides is 1. The molecule has 0 spiro atoms. The van der Waals surface area contributed by atoms with E-state index in [-0.39, 0.29) is 17.3 Å². The van der Waals surface area contributed by atoms with E-state index < -0.39 is 0 Å². The zero-order valence-electron chi connectivity index (χ0n) is 16.7. The van der Waals surface area contributed by atoms with Crippen LogP contribution in [0.4, 0.5) is 10.1 Å². The van der Waals surface area contributed by atoms with Crippen molar-refractivity contribution in [2.75, 3.05) is 5.32 Å². The van der Waals surface area contributed by atoms with Crippen LogP contribution in [0.2, 0.25) is 0 Å². The molecular weight excluding hydrogens is 431 g/mol. The predicted molar refractivity (Wildman–Crippen MR) is 120 cm³/mol. The van der Waals surface area contributed by atoms with Crippen molar-refractivity contribution in [3.05, 3.63) is 87.8 Å². The predicted octanol–water partition coefficient (Wildman–Crippen LogP) is 3.93. The van der Waals surface area contributed by atoms with Crippen LogP contribution >= 0.6 is 11.3 Å². The minimum Gasteiger partial charge on any atom is -0.319 e. The summed E-state index contributed by atoms with van der Waals surface area (Å²) in [4.78, 5) is 36.7. The SMILES string of the molecule is Cc1nc(-c2ccc(F)cc2)sc1C(=O)Nc1ccccc1-n1ncc2c(=O)[nH]cnc21. The summed E-state index contributed by atoms with van der Waals surface area (Å²) in [6, 6.07) is 13.1. The molecule has 2 N–H and O–H groups in total. The number of halogens is 1. The number of benzene rings is 2. The van der Waals surface area contributed by atoms with Crippen molar-refractivity contribution < 1.29 is 9.18 Å². The molecule has 0 aliphatic rings. The summed E-state index contributed by atoms with van der Waals surface area (Å²) in [6.07, 6.45) is 2.74. The molecule has 0 saturated carbocycles. The van der Waals surface area contributed by atoms with E-state index in [0.29, 0.717) is 38.0 Å². The maximum absolute atomic E-state index is 13.2. The van der Waals surface area contributed by atoms with Gasteiger partial charge in [0.25, 0.3) is 11.5 Å². The molecule has 2 aromatic carbocycles. The number of fused-ring (bicyclic) bond motifs is 1. The van der Waals surface area contributed by atoms with Crippen molar-refractivity contribution in [2.45, 2.75) is 6.92 Å². The molecule has 3 heterocycles. The van der Waals surface area contributed by atoms with Gasteiger partial charge in [0.15, 0.2) is 5.65 Å². The van der Waals surface area contributed by atoms with E-state index in [1.54, 1.807) is 43.3 Å². The van der Waals surface area contributed by atoms with E-state index in [9.17, 15) is 14.0 Å². The van der Waals surface area contributed by atoms with Crippen molar-refractivity contribution in [1.82, 2.24) is 24.7 Å². The number of aryl methyl sites for hydroxylation is 1. The van der Waals surface area contributed by atoms with Crippen LogP contribution < -0.4 is 10.9 Å². The number of hydrogen-bond acceptors (Lipinski definition) is 6. The molecule has 0 radical (unpaired) electrons. The number of nitrogens with one attached hydrogen (secondary N) is 2. The third-order valence-electron chi connectivity index (χ3n) is 4.85. The molecule has 0 fully saturated rings. The van der Waals surface area contributed by atoms with E-state index in [0.717, 1.165) is 5.56 Å². The Bertz CT molecular complexity index is 1520. The average Bonchev–Trinajstić information content (AvgIpc) is 3.39. The number of H-pyrrole nitrogens is 1. The first-order chi connectivity index (χ1) is 15.5. The summed E-state index contributed by atoms with van der Waals surface area (Å²) in [6.45, 7) is 1.75. The molecule has 1 amide bonds. The summed E-state index contributed by atoms with van der Waals surface area (Å²) in [5.74, 6) is -0.665. The highest BCUT2D eigenvalue weighted by atomic mass is 32.1. The van der Waals surface area contributed by atoms with Crippen LogP contribution in [0.5, 0.6) is 0 Å². The lowest BCUT2D eigenvalue weighted by Crippen LogP contribution is -2.14. The Morgan fingerprint density at radius 1 is 1.16 bits per heavy atom. The number of aromatic amines is 1. The second-order valence-corrected chi connectivity index (χ2v) is 7.94. The lowest BCUT2D eigenvalue weighted by atomic mass is 10.2. The van der Waals surface area contributed by atoms with Gasteiger partial charge in [-0.2, -0.15) is 5.10 Å². The van der Waals surface area contributed by atoms with Crippen LogP contribution in [0.1, 0.15) is 15.4 Å². The van der Waals surface area contributed by atoms with Gasteiger partial charge in [0, 0.05) is 5.56 Å². The molecule has 10 heteroatoms. The number of nitrogens with zero attached hydrogens (tertiary/aromatic N) is 4. The van der Waals surface area contributed by atoms with Gasteiger partial charge in [-0.15, -0.1) is 11.3 Å². The van der Waals surface area contributed by atoms with Crippen molar-refractivity contribution in [3.63, 3.8) is 0 Å². The Hall–Kier alpha value is -4.18. The van der Waals surface area contributed by atoms with Gasteiger partial charge in [-0.1, -0.05) is 12.1 Å². The van der Waals surface area contributed by atoms with Gasteiger partial charge in [-0.05, 0) is 43.3 Å². The van der Waals surface area contributed by atoms with E-state index in [1.807, 2.05) is 0 Å². The van der Waals surface area contributed by atoms with Gasteiger partial charge in [0.05, 0.1) is 29.6 Å². The van der Waals surface area contributed by atoms with Crippen LogP contribution in [0, 0.1) is 12.7 Å². The van der Waals surface area contributed by atoms with Gasteiger partial charge in [0.1, 0.15) is 21.1 Å². The fourth-order valence-corrected chi connectivity index (χ4v) is 4.27. The lowest BCUT2D eigenvalue weighted by Gasteiger charge is -2.11. The van der Waals surface area contributed by atoms with Crippen molar-refractivity contribution in [2.24, 2.45) is 0 Å². The number of thiazole rings is 1. The first-order valence-electron chi connectivity index (χ1n) is 9.57. The van der Waals surface area contributed by atoms with Gasteiger partial charge in [-0.25, -0.2) is 19.0 Å². The quantitative estimate of drug-likeness (QED) is 0.435. The molecule has 32 heavy (non-hydrogen) atoms. The Kier molecular flexibility index (Phi) is 4.83. The van der Waals surface area contributed by atoms with Crippen LogP contribution in [-0.4, -0.2) is 30.6 Å². The van der Waals surface area contributed by atoms with E-state index in [2.05, 4.69) is 25.4 Å². The molecule has 0 atom stereocenters. The number of carbonyl (C=O) groups is 1. The van der Waals surface area contributed by atoms with E-state index in [1.165, 1.54) is 40.7 Å². The largest absolute Gasteiger partial charge is 0.319 e. The normalized spacial score (nSPS) is 11.1. The minimum absolute atomic E-state index is 0.295. The molecule has 0 saturated heterocycles. The first-order valence-corrected chi connectivity index (χ1v) is 10.4. The smallest absolute Gasteiger partial charge is 0.267 e. The monoisotopic (exact) mass is 446 g/mol. The second-order valence-electron chi connectivity index (χ2n) is 6.94. The Balaban J connectivity index is 1.49. The highest BCUT2D eigenvalue weighted by Gasteiger charge is 2.19. The number of aromatic nitrogens is 5. The van der Waals surface area contributed by atoms with Gasteiger partial charge < -0.3 is 10.3 Å². The molecule has 0 bridgehead atoms. The maximum atomic E-state index is 13.2. The minimum atomic E-state index is -0.334. The first kappa shape index (κ1) is 19.8. The van der Waals surface area contributed by atoms with Crippen LogP contribution in [0.25, 0.3) is 27.3 Å². The zero-order chi connectivity index (χ0) is 22.2. The van der Waals surface area contributed by atoms with Gasteiger partial charge in [-0.3, -0.25) is 9.59 Å². The Labute approximate surface area is 184 Å². The van der Waals surface area contributed by atoms with E-state index in [4.69, 9.17) is 0 Å². The Morgan fingerprint density at radius 2 is 1.94 bits per heavy atom. The van der Waals surface area contributed by atoms with Crippen molar-refractivity contribution >= 4 is 34.0 Å². The molecular formula is C22H15FN6O2S. The number of anilines is 1. The summed E-state index contributed by atoms with van der Waals surface area (Å²) < 4.78 is 14.7. The summed E-state index contributed by atoms with van der Waals surface area (Å²) in [5.41, 5.74) is 2.45. The lowest BCUT2D eigenvalue weighted by molar-refractivity contribution is 0.102. The van der Waals surface area contributed by atoms with Gasteiger partial charge in [0.2, 0.25) is 0 Å². The molecule has 8 nitrogen and oxygen atoms in total. The molecule has 0 aliphatic carbocycles. The number of rotatable bonds is 4. The van der Waals surface area contributed by atoms with Crippen molar-refractivity contribution in [3.8, 4) is 16.3 Å². The third-order valence-corrected chi connectivity index (χ3v) is 6.05. The topological polar surface area (TPSA) is 106 Å².